The summed E-state index contributed by atoms with van der Waals surface area (Å²) in [5.41, 5.74) is 6.88. The van der Waals surface area contributed by atoms with Crippen molar-refractivity contribution < 1.29 is 4.79 Å². The van der Waals surface area contributed by atoms with E-state index in [4.69, 9.17) is 5.73 Å². The maximum atomic E-state index is 11.1. The largest absolute Gasteiger partial charge is 0.346 e. The summed E-state index contributed by atoms with van der Waals surface area (Å²) in [6.07, 6.45) is 0. The Morgan fingerprint density at radius 3 is 2.56 bits per heavy atom. The van der Waals surface area contributed by atoms with Crippen LogP contribution < -0.4 is 11.1 Å². The zero-order chi connectivity index (χ0) is 11.1. The topological polar surface area (TPSA) is 55.1 Å². The minimum absolute atomic E-state index is 0.0430. The van der Waals surface area contributed by atoms with E-state index in [0.29, 0.717) is 0 Å². The van der Waals surface area contributed by atoms with Gasteiger partial charge in [-0.15, -0.1) is 0 Å². The van der Waals surface area contributed by atoms with E-state index < -0.39 is 6.04 Å². The third-order valence-corrected chi connectivity index (χ3v) is 3.12. The van der Waals surface area contributed by atoms with Crippen molar-refractivity contribution >= 4 is 16.7 Å². The van der Waals surface area contributed by atoms with E-state index in [2.05, 4.69) is 23.5 Å². The lowest BCUT2D eigenvalue weighted by Gasteiger charge is -2.34. The zero-order valence-corrected chi connectivity index (χ0v) is 8.68. The van der Waals surface area contributed by atoms with Gasteiger partial charge in [0.25, 0.3) is 0 Å². The number of nitrogens with two attached hydrogens (primary N) is 1. The lowest BCUT2D eigenvalue weighted by Crippen LogP contribution is -2.60. The van der Waals surface area contributed by atoms with Gasteiger partial charge in [0.2, 0.25) is 5.91 Å². The van der Waals surface area contributed by atoms with E-state index in [9.17, 15) is 4.79 Å². The Hall–Kier alpha value is -1.87. The number of carbonyl (C=O) groups is 1. The second kappa shape index (κ2) is 3.32. The molecule has 3 heteroatoms. The van der Waals surface area contributed by atoms with E-state index in [1.54, 1.807) is 0 Å². The summed E-state index contributed by atoms with van der Waals surface area (Å²) in [6.45, 7) is 0. The van der Waals surface area contributed by atoms with Gasteiger partial charge in [0.15, 0.2) is 0 Å². The molecule has 2 atom stereocenters. The summed E-state index contributed by atoms with van der Waals surface area (Å²) in [5, 5.41) is 5.17. The van der Waals surface area contributed by atoms with Crippen LogP contribution >= 0.6 is 0 Å². The van der Waals surface area contributed by atoms with E-state index in [1.807, 2.05) is 24.3 Å². The SMILES string of the molecule is NC1C(=O)NC1c1cccc2ccccc12. The molecule has 0 aliphatic carbocycles. The summed E-state index contributed by atoms with van der Waals surface area (Å²) in [7, 11) is 0. The molecule has 0 bridgehead atoms. The van der Waals surface area contributed by atoms with Crippen LogP contribution in [0.2, 0.25) is 0 Å². The number of amides is 1. The standard InChI is InChI=1S/C13H12N2O/c14-11-12(15-13(11)16)10-7-3-5-8-4-1-2-6-9(8)10/h1-7,11-12H,14H2,(H,15,16). The predicted octanol–water partition coefficient (Wildman–Crippen LogP) is 1.34. The normalized spacial score (nSPS) is 23.9. The van der Waals surface area contributed by atoms with Gasteiger partial charge in [0.05, 0.1) is 6.04 Å². The first-order valence-corrected chi connectivity index (χ1v) is 5.31. The van der Waals surface area contributed by atoms with Crippen LogP contribution in [0.15, 0.2) is 42.5 Å². The van der Waals surface area contributed by atoms with Gasteiger partial charge in [-0.2, -0.15) is 0 Å². The van der Waals surface area contributed by atoms with Gasteiger partial charge in [-0.05, 0) is 16.3 Å². The number of benzene rings is 2. The molecule has 3 nitrogen and oxygen atoms in total. The van der Waals surface area contributed by atoms with Crippen molar-refractivity contribution in [1.82, 2.24) is 5.32 Å². The van der Waals surface area contributed by atoms with Crippen LogP contribution in [0.25, 0.3) is 10.8 Å². The Bertz CT molecular complexity index is 559. The molecule has 0 radical (unpaired) electrons. The summed E-state index contributed by atoms with van der Waals surface area (Å²) < 4.78 is 0. The summed E-state index contributed by atoms with van der Waals surface area (Å²) in [5.74, 6) is -0.0714. The molecule has 2 aromatic carbocycles. The Kier molecular flexibility index (Phi) is 1.94. The van der Waals surface area contributed by atoms with Crippen LogP contribution in [-0.2, 0) is 4.79 Å². The van der Waals surface area contributed by atoms with Gasteiger partial charge in [-0.3, -0.25) is 4.79 Å². The molecule has 3 N–H and O–H groups in total. The molecule has 1 fully saturated rings. The number of nitrogens with one attached hydrogen (secondary N) is 1. The van der Waals surface area contributed by atoms with Crippen LogP contribution in [0.5, 0.6) is 0 Å². The smallest absolute Gasteiger partial charge is 0.239 e. The molecule has 1 heterocycles. The minimum atomic E-state index is -0.411. The molecule has 0 spiro atoms. The lowest BCUT2D eigenvalue weighted by atomic mass is 9.89. The molecule has 1 aliphatic rings. The highest BCUT2D eigenvalue weighted by atomic mass is 16.2. The van der Waals surface area contributed by atoms with Gasteiger partial charge < -0.3 is 11.1 Å². The first kappa shape index (κ1) is 9.36. The second-order valence-corrected chi connectivity index (χ2v) is 4.08. The Balaban J connectivity index is 2.14. The van der Waals surface area contributed by atoms with Crippen molar-refractivity contribution in [3.8, 4) is 0 Å². The van der Waals surface area contributed by atoms with Gasteiger partial charge in [0, 0.05) is 0 Å². The fourth-order valence-electron chi connectivity index (χ4n) is 2.19. The molecule has 3 rings (SSSR count). The van der Waals surface area contributed by atoms with Gasteiger partial charge in [-0.1, -0.05) is 42.5 Å². The van der Waals surface area contributed by atoms with E-state index >= 15 is 0 Å². The van der Waals surface area contributed by atoms with Gasteiger partial charge in [-0.25, -0.2) is 0 Å². The maximum Gasteiger partial charge on any atom is 0.239 e. The molecule has 16 heavy (non-hydrogen) atoms. The predicted molar refractivity (Wildman–Crippen MR) is 62.8 cm³/mol. The number of hydrogen-bond donors (Lipinski definition) is 2. The van der Waals surface area contributed by atoms with Crippen molar-refractivity contribution in [2.24, 2.45) is 5.73 Å². The van der Waals surface area contributed by atoms with Crippen molar-refractivity contribution in [2.75, 3.05) is 0 Å². The number of fused-ring (bicyclic) bond motifs is 1. The van der Waals surface area contributed by atoms with Crippen molar-refractivity contribution in [3.63, 3.8) is 0 Å². The number of rotatable bonds is 1. The number of β-lactam (4-membered cyclic amide) rings is 1. The quantitative estimate of drug-likeness (QED) is 0.701. The average molecular weight is 212 g/mol. The third-order valence-electron chi connectivity index (χ3n) is 3.12. The minimum Gasteiger partial charge on any atom is -0.346 e. The van der Waals surface area contributed by atoms with Crippen LogP contribution in [0.1, 0.15) is 11.6 Å². The highest BCUT2D eigenvalue weighted by Crippen LogP contribution is 2.29. The van der Waals surface area contributed by atoms with E-state index in [-0.39, 0.29) is 11.9 Å². The number of carbonyl (C=O) groups excluding carboxylic acids is 1. The summed E-state index contributed by atoms with van der Waals surface area (Å²) in [4.78, 5) is 11.1. The molecule has 80 valence electrons. The Labute approximate surface area is 93.3 Å². The molecule has 1 amide bonds. The highest BCUT2D eigenvalue weighted by Gasteiger charge is 2.37. The number of hydrogen-bond acceptors (Lipinski definition) is 2. The zero-order valence-electron chi connectivity index (χ0n) is 8.68. The first-order valence-electron chi connectivity index (χ1n) is 5.31. The lowest BCUT2D eigenvalue weighted by molar-refractivity contribution is -0.130. The Morgan fingerprint density at radius 1 is 1.06 bits per heavy atom. The molecule has 1 aliphatic heterocycles. The fraction of sp³-hybridized carbons (Fsp3) is 0.154. The Morgan fingerprint density at radius 2 is 1.81 bits per heavy atom. The fourth-order valence-corrected chi connectivity index (χ4v) is 2.19. The highest BCUT2D eigenvalue weighted by molar-refractivity contribution is 5.93. The van der Waals surface area contributed by atoms with Crippen LogP contribution in [0.3, 0.4) is 0 Å². The monoisotopic (exact) mass is 212 g/mol. The van der Waals surface area contributed by atoms with E-state index in [1.165, 1.54) is 5.39 Å². The van der Waals surface area contributed by atoms with Crippen LogP contribution in [0, 0.1) is 0 Å². The molecule has 1 saturated heterocycles. The van der Waals surface area contributed by atoms with Crippen molar-refractivity contribution in [1.29, 1.82) is 0 Å². The molecule has 0 saturated carbocycles. The molecular formula is C13H12N2O. The molecule has 2 aromatic rings. The third kappa shape index (κ3) is 1.22. The first-order chi connectivity index (χ1) is 7.77. The van der Waals surface area contributed by atoms with Crippen LogP contribution in [0.4, 0.5) is 0 Å². The van der Waals surface area contributed by atoms with Gasteiger partial charge >= 0.3 is 0 Å². The molecule has 2 unspecified atom stereocenters. The van der Waals surface area contributed by atoms with E-state index in [0.717, 1.165) is 10.9 Å². The average Bonchev–Trinajstić information content (AvgIpc) is 2.35. The maximum absolute atomic E-state index is 11.1. The van der Waals surface area contributed by atoms with Gasteiger partial charge in [0.1, 0.15) is 6.04 Å². The summed E-state index contributed by atoms with van der Waals surface area (Å²) in [6, 6.07) is 13.7. The molecule has 0 aromatic heterocycles. The van der Waals surface area contributed by atoms with Crippen molar-refractivity contribution in [2.45, 2.75) is 12.1 Å². The second-order valence-electron chi connectivity index (χ2n) is 4.08. The summed E-state index contributed by atoms with van der Waals surface area (Å²) >= 11 is 0. The molecular weight excluding hydrogens is 200 g/mol. The van der Waals surface area contributed by atoms with Crippen molar-refractivity contribution in [3.05, 3.63) is 48.0 Å². The van der Waals surface area contributed by atoms with Crippen LogP contribution in [-0.4, -0.2) is 11.9 Å².